The van der Waals surface area contributed by atoms with E-state index in [1.807, 2.05) is 31.2 Å². The lowest BCUT2D eigenvalue weighted by Gasteiger charge is -2.32. The van der Waals surface area contributed by atoms with E-state index < -0.39 is 0 Å². The van der Waals surface area contributed by atoms with Crippen molar-refractivity contribution in [3.05, 3.63) is 59.2 Å². The molecule has 5 heteroatoms. The summed E-state index contributed by atoms with van der Waals surface area (Å²) in [5.74, 6) is 0.656. The first kappa shape index (κ1) is 20.7. The van der Waals surface area contributed by atoms with Crippen LogP contribution < -0.4 is 15.0 Å². The van der Waals surface area contributed by atoms with E-state index in [-0.39, 0.29) is 18.6 Å². The number of fused-ring (bicyclic) bond motifs is 1. The van der Waals surface area contributed by atoms with Crippen LogP contribution in [0.2, 0.25) is 0 Å². The molecule has 2 aromatic carbocycles. The van der Waals surface area contributed by atoms with Crippen molar-refractivity contribution in [2.75, 3.05) is 44.7 Å². The van der Waals surface area contributed by atoms with Crippen molar-refractivity contribution in [3.8, 4) is 5.75 Å². The van der Waals surface area contributed by atoms with E-state index in [0.717, 1.165) is 31.8 Å². The summed E-state index contributed by atoms with van der Waals surface area (Å²) in [6.45, 7) is 6.01. The molecule has 5 nitrogen and oxygen atoms in total. The van der Waals surface area contributed by atoms with Gasteiger partial charge in [-0.05, 0) is 75.0 Å². The summed E-state index contributed by atoms with van der Waals surface area (Å²) in [6.07, 6.45) is 4.80. The largest absolute Gasteiger partial charge is 0.484 e. The molecule has 1 atom stereocenters. The summed E-state index contributed by atoms with van der Waals surface area (Å²) in [4.78, 5) is 17.3. The maximum absolute atomic E-state index is 12.4. The number of rotatable bonds is 7. The Morgan fingerprint density at radius 2 is 1.83 bits per heavy atom. The highest BCUT2D eigenvalue weighted by molar-refractivity contribution is 5.77. The fourth-order valence-electron chi connectivity index (χ4n) is 4.57. The Hall–Kier alpha value is -2.53. The Labute approximate surface area is 180 Å². The SMILES string of the molecule is Cc1ccc(OCC(=O)NC[C@@H](c2ccc3c(c2)CCCN3C)N2CCCC2)cc1. The average molecular weight is 408 g/mol. The van der Waals surface area contributed by atoms with Gasteiger partial charge in [-0.25, -0.2) is 0 Å². The van der Waals surface area contributed by atoms with E-state index in [2.05, 4.69) is 40.4 Å². The zero-order chi connectivity index (χ0) is 20.9. The molecule has 4 rings (SSSR count). The van der Waals surface area contributed by atoms with Crippen LogP contribution in [0.15, 0.2) is 42.5 Å². The second-order valence-corrected chi connectivity index (χ2v) is 8.58. The van der Waals surface area contributed by atoms with Crippen molar-refractivity contribution in [2.24, 2.45) is 0 Å². The van der Waals surface area contributed by atoms with Crippen LogP contribution in [0.5, 0.6) is 5.75 Å². The van der Waals surface area contributed by atoms with E-state index >= 15 is 0 Å². The normalized spacial score (nSPS) is 17.5. The third kappa shape index (κ3) is 4.96. The van der Waals surface area contributed by atoms with E-state index in [9.17, 15) is 4.79 Å². The molecular formula is C25H33N3O2. The molecule has 2 aliphatic heterocycles. The van der Waals surface area contributed by atoms with E-state index in [1.165, 1.54) is 41.6 Å². The highest BCUT2D eigenvalue weighted by Gasteiger charge is 2.25. The molecule has 0 aromatic heterocycles. The first-order chi connectivity index (χ1) is 14.6. The Balaban J connectivity index is 1.40. The van der Waals surface area contributed by atoms with Gasteiger partial charge in [0.05, 0.1) is 6.04 Å². The fourth-order valence-corrected chi connectivity index (χ4v) is 4.57. The van der Waals surface area contributed by atoms with Crippen LogP contribution in [-0.4, -0.2) is 50.6 Å². The van der Waals surface area contributed by atoms with Crippen LogP contribution in [-0.2, 0) is 11.2 Å². The van der Waals surface area contributed by atoms with Gasteiger partial charge in [-0.3, -0.25) is 9.69 Å². The summed E-state index contributed by atoms with van der Waals surface area (Å²) in [5.41, 5.74) is 5.27. The van der Waals surface area contributed by atoms with E-state index in [0.29, 0.717) is 6.54 Å². The molecule has 1 fully saturated rings. The Bertz CT molecular complexity index is 859. The predicted molar refractivity (Wildman–Crippen MR) is 121 cm³/mol. The number of carbonyl (C=O) groups is 1. The monoisotopic (exact) mass is 407 g/mol. The van der Waals surface area contributed by atoms with Crippen molar-refractivity contribution in [3.63, 3.8) is 0 Å². The van der Waals surface area contributed by atoms with Crippen molar-refractivity contribution in [1.29, 1.82) is 0 Å². The molecule has 1 saturated heterocycles. The molecular weight excluding hydrogens is 374 g/mol. The number of nitrogens with zero attached hydrogens (tertiary/aromatic N) is 2. The second kappa shape index (κ2) is 9.52. The molecule has 1 amide bonds. The van der Waals surface area contributed by atoms with Gasteiger partial charge in [-0.2, -0.15) is 0 Å². The molecule has 2 heterocycles. The van der Waals surface area contributed by atoms with Gasteiger partial charge in [0.15, 0.2) is 6.61 Å². The first-order valence-electron chi connectivity index (χ1n) is 11.1. The maximum atomic E-state index is 12.4. The van der Waals surface area contributed by atoms with Gasteiger partial charge in [0, 0.05) is 25.8 Å². The van der Waals surface area contributed by atoms with Crippen molar-refractivity contribution >= 4 is 11.6 Å². The molecule has 1 N–H and O–H groups in total. The number of aryl methyl sites for hydroxylation is 2. The smallest absolute Gasteiger partial charge is 0.258 e. The zero-order valence-corrected chi connectivity index (χ0v) is 18.2. The third-order valence-corrected chi connectivity index (χ3v) is 6.30. The lowest BCUT2D eigenvalue weighted by atomic mass is 9.96. The molecule has 0 aliphatic carbocycles. The number of carbonyl (C=O) groups excluding carboxylic acids is 1. The molecule has 2 aliphatic rings. The van der Waals surface area contributed by atoms with Crippen LogP contribution in [0.3, 0.4) is 0 Å². The summed E-state index contributed by atoms with van der Waals surface area (Å²) >= 11 is 0. The number of hydrogen-bond donors (Lipinski definition) is 1. The fraction of sp³-hybridized carbons (Fsp3) is 0.480. The van der Waals surface area contributed by atoms with Gasteiger partial charge < -0.3 is 15.0 Å². The minimum absolute atomic E-state index is 0.0464. The maximum Gasteiger partial charge on any atom is 0.258 e. The minimum atomic E-state index is -0.0718. The topological polar surface area (TPSA) is 44.8 Å². The summed E-state index contributed by atoms with van der Waals surface area (Å²) in [5, 5.41) is 3.11. The standard InChI is InChI=1S/C25H33N3O2/c1-19-7-10-22(11-8-19)30-18-25(29)26-17-24(28-14-3-4-15-28)21-9-12-23-20(16-21)6-5-13-27(23)2/h7-12,16,24H,3-6,13-15,17-18H2,1-2H3,(H,26,29)/t24-/m0/s1. The van der Waals surface area contributed by atoms with Crippen molar-refractivity contribution in [1.82, 2.24) is 10.2 Å². The summed E-state index contributed by atoms with van der Waals surface area (Å²) < 4.78 is 5.64. The van der Waals surface area contributed by atoms with Gasteiger partial charge in [0.25, 0.3) is 5.91 Å². The lowest BCUT2D eigenvalue weighted by molar-refractivity contribution is -0.123. The number of anilines is 1. The number of nitrogens with one attached hydrogen (secondary N) is 1. The van der Waals surface area contributed by atoms with Crippen LogP contribution in [0.1, 0.15) is 42.0 Å². The van der Waals surface area contributed by atoms with Crippen molar-refractivity contribution < 1.29 is 9.53 Å². The molecule has 0 radical (unpaired) electrons. The minimum Gasteiger partial charge on any atom is -0.484 e. The number of likely N-dealkylation sites (tertiary alicyclic amines) is 1. The zero-order valence-electron chi connectivity index (χ0n) is 18.2. The molecule has 2 aromatic rings. The number of ether oxygens (including phenoxy) is 1. The van der Waals surface area contributed by atoms with E-state index in [1.54, 1.807) is 0 Å². The third-order valence-electron chi connectivity index (χ3n) is 6.30. The molecule has 0 saturated carbocycles. The molecule has 0 bridgehead atoms. The van der Waals surface area contributed by atoms with Gasteiger partial charge >= 0.3 is 0 Å². The molecule has 160 valence electrons. The molecule has 0 spiro atoms. The summed E-state index contributed by atoms with van der Waals surface area (Å²) in [6, 6.07) is 14.9. The van der Waals surface area contributed by atoms with Gasteiger partial charge in [0.2, 0.25) is 0 Å². The van der Waals surface area contributed by atoms with Crippen LogP contribution in [0.25, 0.3) is 0 Å². The Kier molecular flexibility index (Phi) is 6.58. The number of amides is 1. The second-order valence-electron chi connectivity index (χ2n) is 8.58. The number of benzene rings is 2. The van der Waals surface area contributed by atoms with Crippen LogP contribution in [0.4, 0.5) is 5.69 Å². The van der Waals surface area contributed by atoms with Crippen LogP contribution in [0, 0.1) is 6.92 Å². The lowest BCUT2D eigenvalue weighted by Crippen LogP contribution is -2.38. The molecule has 30 heavy (non-hydrogen) atoms. The number of hydrogen-bond acceptors (Lipinski definition) is 4. The summed E-state index contributed by atoms with van der Waals surface area (Å²) in [7, 11) is 2.17. The average Bonchev–Trinajstić information content (AvgIpc) is 3.28. The van der Waals surface area contributed by atoms with Crippen molar-refractivity contribution in [2.45, 2.75) is 38.6 Å². The van der Waals surface area contributed by atoms with Gasteiger partial charge in [0.1, 0.15) is 5.75 Å². The van der Waals surface area contributed by atoms with Crippen LogP contribution >= 0.6 is 0 Å². The van der Waals surface area contributed by atoms with E-state index in [4.69, 9.17) is 4.74 Å². The molecule has 0 unspecified atom stereocenters. The van der Waals surface area contributed by atoms with Gasteiger partial charge in [-0.15, -0.1) is 0 Å². The quantitative estimate of drug-likeness (QED) is 0.760. The highest BCUT2D eigenvalue weighted by atomic mass is 16.5. The first-order valence-corrected chi connectivity index (χ1v) is 11.1. The predicted octanol–water partition coefficient (Wildman–Crippen LogP) is 3.71. The van der Waals surface area contributed by atoms with Gasteiger partial charge in [-0.1, -0.05) is 29.8 Å². The Morgan fingerprint density at radius 3 is 2.60 bits per heavy atom. The highest BCUT2D eigenvalue weighted by Crippen LogP contribution is 2.31. The Morgan fingerprint density at radius 1 is 1.07 bits per heavy atom.